The van der Waals surface area contributed by atoms with E-state index in [0.717, 1.165) is 38.3 Å². The molecule has 0 spiro atoms. The lowest BCUT2D eigenvalue weighted by atomic mass is 9.96. The smallest absolute Gasteiger partial charge is 0.224 e. The van der Waals surface area contributed by atoms with Crippen molar-refractivity contribution in [2.45, 2.75) is 38.3 Å². The molecule has 0 aromatic heterocycles. The molecule has 1 saturated heterocycles. The first-order valence-corrected chi connectivity index (χ1v) is 7.58. The van der Waals surface area contributed by atoms with Gasteiger partial charge < -0.3 is 5.32 Å². The maximum atomic E-state index is 13.2. The zero-order chi connectivity index (χ0) is 14.8. The lowest BCUT2D eigenvalue weighted by Gasteiger charge is -2.32. The highest BCUT2D eigenvalue weighted by atomic mass is 19.1. The molecule has 1 atom stereocenters. The molecule has 1 heterocycles. The van der Waals surface area contributed by atoms with Gasteiger partial charge in [-0.1, -0.05) is 0 Å². The Morgan fingerprint density at radius 3 is 2.57 bits per heavy atom. The number of hydrogen-bond donors (Lipinski definition) is 1. The van der Waals surface area contributed by atoms with Crippen LogP contribution >= 0.6 is 0 Å². The molecule has 1 aromatic rings. The van der Waals surface area contributed by atoms with Gasteiger partial charge >= 0.3 is 0 Å². The fourth-order valence-corrected chi connectivity index (χ4v) is 2.92. The summed E-state index contributed by atoms with van der Waals surface area (Å²) in [5, 5.41) is 3.04. The van der Waals surface area contributed by atoms with Crippen LogP contribution in [0, 0.1) is 17.6 Å². The molecule has 1 amide bonds. The molecule has 3 rings (SSSR count). The van der Waals surface area contributed by atoms with E-state index in [9.17, 15) is 13.6 Å². The highest BCUT2D eigenvalue weighted by Crippen LogP contribution is 2.23. The molecule has 0 radical (unpaired) electrons. The van der Waals surface area contributed by atoms with Crippen molar-refractivity contribution in [3.8, 4) is 0 Å². The molecule has 3 nitrogen and oxygen atoms in total. The second-order valence-electron chi connectivity index (χ2n) is 6.13. The number of piperidine rings is 1. The summed E-state index contributed by atoms with van der Waals surface area (Å²) < 4.78 is 26.4. The summed E-state index contributed by atoms with van der Waals surface area (Å²) in [7, 11) is 0. The van der Waals surface area contributed by atoms with Crippen LogP contribution in [0.5, 0.6) is 0 Å². The standard InChI is InChI=1S/C16H20F2N2O/c17-13-6-11(7-14(18)8-13)9-20-5-1-2-12(10-20)16(21)19-15-3-4-15/h6-8,12,15H,1-5,9-10H2,(H,19,21). The topological polar surface area (TPSA) is 32.3 Å². The minimum atomic E-state index is -0.551. The van der Waals surface area contributed by atoms with E-state index in [1.54, 1.807) is 0 Å². The van der Waals surface area contributed by atoms with Crippen LogP contribution in [0.2, 0.25) is 0 Å². The Morgan fingerprint density at radius 2 is 1.90 bits per heavy atom. The predicted molar refractivity (Wildman–Crippen MR) is 75.5 cm³/mol. The van der Waals surface area contributed by atoms with Crippen LogP contribution < -0.4 is 5.32 Å². The lowest BCUT2D eigenvalue weighted by Crippen LogP contribution is -2.43. The van der Waals surface area contributed by atoms with E-state index in [4.69, 9.17) is 0 Å². The van der Waals surface area contributed by atoms with Crippen molar-refractivity contribution in [3.05, 3.63) is 35.4 Å². The SMILES string of the molecule is O=C(NC1CC1)C1CCCN(Cc2cc(F)cc(F)c2)C1. The molecule has 2 aliphatic rings. The number of benzene rings is 1. The summed E-state index contributed by atoms with van der Waals surface area (Å²) in [4.78, 5) is 14.2. The van der Waals surface area contributed by atoms with Gasteiger partial charge in [0.1, 0.15) is 11.6 Å². The predicted octanol–water partition coefficient (Wildman–Crippen LogP) is 2.46. The Balaban J connectivity index is 1.58. The third-order valence-electron chi connectivity index (χ3n) is 4.13. The van der Waals surface area contributed by atoms with Gasteiger partial charge in [-0.05, 0) is 49.9 Å². The van der Waals surface area contributed by atoms with Crippen molar-refractivity contribution in [2.24, 2.45) is 5.92 Å². The third kappa shape index (κ3) is 4.00. The Kier molecular flexibility index (Phi) is 4.19. The van der Waals surface area contributed by atoms with Crippen molar-refractivity contribution in [2.75, 3.05) is 13.1 Å². The maximum Gasteiger partial charge on any atom is 0.224 e. The first-order chi connectivity index (χ1) is 10.1. The second-order valence-corrected chi connectivity index (χ2v) is 6.13. The second kappa shape index (κ2) is 6.10. The molecule has 1 aliphatic heterocycles. The zero-order valence-electron chi connectivity index (χ0n) is 11.9. The number of carbonyl (C=O) groups excluding carboxylic acids is 1. The van der Waals surface area contributed by atoms with Crippen LogP contribution in [-0.2, 0) is 11.3 Å². The Bertz CT molecular complexity index is 511. The van der Waals surface area contributed by atoms with Crippen molar-refractivity contribution < 1.29 is 13.6 Å². The molecule has 1 unspecified atom stereocenters. The number of amides is 1. The monoisotopic (exact) mass is 294 g/mol. The minimum Gasteiger partial charge on any atom is -0.353 e. The van der Waals surface area contributed by atoms with E-state index in [2.05, 4.69) is 10.2 Å². The van der Waals surface area contributed by atoms with E-state index < -0.39 is 11.6 Å². The van der Waals surface area contributed by atoms with Crippen molar-refractivity contribution >= 4 is 5.91 Å². The van der Waals surface area contributed by atoms with Gasteiger partial charge in [-0.2, -0.15) is 0 Å². The van der Waals surface area contributed by atoms with Crippen LogP contribution in [0.3, 0.4) is 0 Å². The summed E-state index contributed by atoms with van der Waals surface area (Å²) in [6.45, 7) is 2.02. The van der Waals surface area contributed by atoms with Gasteiger partial charge in [0.2, 0.25) is 5.91 Å². The van der Waals surface area contributed by atoms with Crippen molar-refractivity contribution in [1.82, 2.24) is 10.2 Å². The first-order valence-electron chi connectivity index (χ1n) is 7.58. The Hall–Kier alpha value is -1.49. The Labute approximate surface area is 123 Å². The van der Waals surface area contributed by atoms with Gasteiger partial charge in [-0.15, -0.1) is 0 Å². The number of likely N-dealkylation sites (tertiary alicyclic amines) is 1. The van der Waals surface area contributed by atoms with E-state index in [0.29, 0.717) is 24.7 Å². The molecule has 0 bridgehead atoms. The zero-order valence-corrected chi connectivity index (χ0v) is 11.9. The number of hydrogen-bond acceptors (Lipinski definition) is 2. The number of nitrogens with one attached hydrogen (secondary N) is 1. The van der Waals surface area contributed by atoms with Crippen LogP contribution in [0.4, 0.5) is 8.78 Å². The summed E-state index contributed by atoms with van der Waals surface area (Å²) in [6, 6.07) is 3.98. The van der Waals surface area contributed by atoms with E-state index in [1.807, 2.05) is 0 Å². The summed E-state index contributed by atoms with van der Waals surface area (Å²) >= 11 is 0. The van der Waals surface area contributed by atoms with Gasteiger partial charge in [-0.25, -0.2) is 8.78 Å². The lowest BCUT2D eigenvalue weighted by molar-refractivity contribution is -0.126. The van der Waals surface area contributed by atoms with Gasteiger partial charge in [0, 0.05) is 25.2 Å². The fourth-order valence-electron chi connectivity index (χ4n) is 2.92. The molecule has 1 N–H and O–H groups in total. The van der Waals surface area contributed by atoms with Crippen LogP contribution in [-0.4, -0.2) is 29.9 Å². The molecular weight excluding hydrogens is 274 g/mol. The first kappa shape index (κ1) is 14.4. The summed E-state index contributed by atoms with van der Waals surface area (Å²) in [5.74, 6) is -0.972. The average Bonchev–Trinajstić information content (AvgIpc) is 3.21. The molecule has 1 saturated carbocycles. The number of nitrogens with zero attached hydrogens (tertiary/aromatic N) is 1. The van der Waals surface area contributed by atoms with Crippen LogP contribution in [0.15, 0.2) is 18.2 Å². The molecule has 5 heteroatoms. The molecular formula is C16H20F2N2O. The third-order valence-corrected chi connectivity index (χ3v) is 4.13. The normalized spacial score (nSPS) is 23.0. The molecule has 2 fully saturated rings. The number of carbonyl (C=O) groups is 1. The summed E-state index contributed by atoms with van der Waals surface area (Å²) in [6.07, 6.45) is 4.02. The summed E-state index contributed by atoms with van der Waals surface area (Å²) in [5.41, 5.74) is 0.621. The molecule has 114 valence electrons. The van der Waals surface area contributed by atoms with E-state index in [1.165, 1.54) is 12.1 Å². The highest BCUT2D eigenvalue weighted by molar-refractivity contribution is 5.79. The van der Waals surface area contributed by atoms with Crippen LogP contribution in [0.25, 0.3) is 0 Å². The highest BCUT2D eigenvalue weighted by Gasteiger charge is 2.30. The molecule has 21 heavy (non-hydrogen) atoms. The average molecular weight is 294 g/mol. The number of halogens is 2. The Morgan fingerprint density at radius 1 is 1.19 bits per heavy atom. The van der Waals surface area contributed by atoms with E-state index >= 15 is 0 Å². The minimum absolute atomic E-state index is 0.00208. The molecule has 1 aromatic carbocycles. The van der Waals surface area contributed by atoms with Gasteiger partial charge in [0.25, 0.3) is 0 Å². The van der Waals surface area contributed by atoms with Gasteiger partial charge in [0.05, 0.1) is 5.92 Å². The van der Waals surface area contributed by atoms with Crippen molar-refractivity contribution in [3.63, 3.8) is 0 Å². The maximum absolute atomic E-state index is 13.2. The quantitative estimate of drug-likeness (QED) is 0.925. The molecule has 1 aliphatic carbocycles. The van der Waals surface area contributed by atoms with Gasteiger partial charge in [0.15, 0.2) is 0 Å². The van der Waals surface area contributed by atoms with Crippen LogP contribution in [0.1, 0.15) is 31.2 Å². The number of rotatable bonds is 4. The largest absolute Gasteiger partial charge is 0.353 e. The fraction of sp³-hybridized carbons (Fsp3) is 0.562. The van der Waals surface area contributed by atoms with Gasteiger partial charge in [-0.3, -0.25) is 9.69 Å². The van der Waals surface area contributed by atoms with E-state index in [-0.39, 0.29) is 11.8 Å². The van der Waals surface area contributed by atoms with Crippen molar-refractivity contribution in [1.29, 1.82) is 0 Å².